The molecule has 7 heteroatoms. The van der Waals surface area contributed by atoms with Crippen molar-refractivity contribution in [1.82, 2.24) is 10.2 Å². The number of nitrogens with zero attached hydrogens (tertiary/aromatic N) is 2. The molecule has 3 rings (SSSR count). The maximum atomic E-state index is 13.0. The smallest absolute Gasteiger partial charge is 0.261 e. The molecule has 0 aromatic heterocycles. The molecule has 1 aliphatic rings. The predicted molar refractivity (Wildman–Crippen MR) is 93.9 cm³/mol. The Morgan fingerprint density at radius 1 is 1.07 bits per heavy atom. The molecule has 0 fully saturated rings. The lowest BCUT2D eigenvalue weighted by molar-refractivity contribution is -0.121. The fraction of sp³-hybridized carbons (Fsp3) is 0.200. The fourth-order valence-corrected chi connectivity index (χ4v) is 2.92. The van der Waals surface area contributed by atoms with Crippen LogP contribution in [0, 0.1) is 17.1 Å². The van der Waals surface area contributed by atoms with E-state index in [1.54, 1.807) is 24.3 Å². The predicted octanol–water partition coefficient (Wildman–Crippen LogP) is 2.58. The van der Waals surface area contributed by atoms with Crippen LogP contribution in [0.4, 0.5) is 4.39 Å². The van der Waals surface area contributed by atoms with Crippen molar-refractivity contribution in [2.24, 2.45) is 0 Å². The van der Waals surface area contributed by atoms with Crippen molar-refractivity contribution in [3.8, 4) is 6.07 Å². The summed E-state index contributed by atoms with van der Waals surface area (Å²) >= 11 is 0. The van der Waals surface area contributed by atoms with Gasteiger partial charge in [0.25, 0.3) is 11.8 Å². The van der Waals surface area contributed by atoms with E-state index in [1.807, 2.05) is 6.07 Å². The number of hydrogen-bond acceptors (Lipinski definition) is 4. The van der Waals surface area contributed by atoms with Crippen molar-refractivity contribution in [3.05, 3.63) is 71.0 Å². The van der Waals surface area contributed by atoms with Crippen LogP contribution in [0.15, 0.2) is 48.5 Å². The van der Waals surface area contributed by atoms with Gasteiger partial charge in [0.15, 0.2) is 0 Å². The maximum Gasteiger partial charge on any atom is 0.261 e. The number of fused-ring (bicyclic) bond motifs is 1. The van der Waals surface area contributed by atoms with E-state index in [1.165, 1.54) is 24.3 Å². The van der Waals surface area contributed by atoms with Crippen LogP contribution in [0.25, 0.3) is 0 Å². The summed E-state index contributed by atoms with van der Waals surface area (Å²) in [5.41, 5.74) is 1.22. The van der Waals surface area contributed by atoms with Crippen LogP contribution in [0.5, 0.6) is 0 Å². The third kappa shape index (κ3) is 3.85. The number of benzene rings is 2. The van der Waals surface area contributed by atoms with Crippen molar-refractivity contribution in [1.29, 1.82) is 5.26 Å². The van der Waals surface area contributed by atoms with Gasteiger partial charge in [-0.3, -0.25) is 19.3 Å². The highest BCUT2D eigenvalue weighted by molar-refractivity contribution is 6.21. The normalized spacial score (nSPS) is 13.9. The molecule has 0 radical (unpaired) electrons. The summed E-state index contributed by atoms with van der Waals surface area (Å²) in [5.74, 6) is -1.54. The minimum absolute atomic E-state index is 0.0484. The molecule has 2 aromatic rings. The lowest BCUT2D eigenvalue weighted by Crippen LogP contribution is -2.32. The minimum Gasteiger partial charge on any atom is -0.337 e. The second-order valence-corrected chi connectivity index (χ2v) is 6.09. The van der Waals surface area contributed by atoms with Crippen molar-refractivity contribution in [2.45, 2.75) is 18.9 Å². The fourth-order valence-electron chi connectivity index (χ4n) is 2.92. The summed E-state index contributed by atoms with van der Waals surface area (Å²) in [4.78, 5) is 37.7. The third-order valence-corrected chi connectivity index (χ3v) is 4.30. The molecular formula is C20H16FN3O3. The third-order valence-electron chi connectivity index (χ3n) is 4.30. The molecule has 0 aliphatic carbocycles. The van der Waals surface area contributed by atoms with Gasteiger partial charge < -0.3 is 5.32 Å². The van der Waals surface area contributed by atoms with Gasteiger partial charge in [0.05, 0.1) is 17.2 Å². The summed E-state index contributed by atoms with van der Waals surface area (Å²) in [6, 6.07) is 12.9. The van der Waals surface area contributed by atoms with Gasteiger partial charge in [-0.05, 0) is 36.2 Å². The van der Waals surface area contributed by atoms with E-state index in [0.717, 1.165) is 4.90 Å². The highest BCUT2D eigenvalue weighted by atomic mass is 19.1. The zero-order valence-corrected chi connectivity index (χ0v) is 14.3. The molecule has 3 amide bonds. The number of hydrogen-bond donors (Lipinski definition) is 1. The topological polar surface area (TPSA) is 90.3 Å². The lowest BCUT2D eigenvalue weighted by atomic mass is 10.1. The Morgan fingerprint density at radius 2 is 1.67 bits per heavy atom. The van der Waals surface area contributed by atoms with Crippen molar-refractivity contribution >= 4 is 17.7 Å². The minimum atomic E-state index is -0.891. The summed E-state index contributed by atoms with van der Waals surface area (Å²) in [5, 5.41) is 11.8. The maximum absolute atomic E-state index is 13.0. The quantitative estimate of drug-likeness (QED) is 0.797. The van der Waals surface area contributed by atoms with Crippen molar-refractivity contribution in [2.75, 3.05) is 6.54 Å². The van der Waals surface area contributed by atoms with Gasteiger partial charge in [-0.15, -0.1) is 0 Å². The number of imide groups is 1. The van der Waals surface area contributed by atoms with E-state index >= 15 is 0 Å². The van der Waals surface area contributed by atoms with Gasteiger partial charge in [-0.1, -0.05) is 24.3 Å². The summed E-state index contributed by atoms with van der Waals surface area (Å²) in [6.45, 7) is 0.119. The van der Waals surface area contributed by atoms with Crippen LogP contribution in [-0.4, -0.2) is 29.2 Å². The Morgan fingerprint density at radius 3 is 2.22 bits per heavy atom. The number of amides is 3. The average Bonchev–Trinajstić information content (AvgIpc) is 2.92. The van der Waals surface area contributed by atoms with Crippen LogP contribution in [-0.2, 0) is 4.79 Å². The highest BCUT2D eigenvalue weighted by Gasteiger charge is 2.34. The zero-order valence-electron chi connectivity index (χ0n) is 14.3. The van der Waals surface area contributed by atoms with Crippen LogP contribution < -0.4 is 5.32 Å². The van der Waals surface area contributed by atoms with Crippen LogP contribution in [0.1, 0.15) is 45.2 Å². The van der Waals surface area contributed by atoms with E-state index in [4.69, 9.17) is 0 Å². The van der Waals surface area contributed by atoms with Crippen molar-refractivity contribution < 1.29 is 18.8 Å². The second kappa shape index (κ2) is 7.79. The molecule has 6 nitrogen and oxygen atoms in total. The average molecular weight is 365 g/mol. The number of carbonyl (C=O) groups is 3. The molecule has 136 valence electrons. The number of carbonyl (C=O) groups excluding carboxylic acids is 3. The van der Waals surface area contributed by atoms with E-state index < -0.39 is 11.9 Å². The molecule has 1 heterocycles. The zero-order chi connectivity index (χ0) is 19.4. The Balaban J connectivity index is 1.53. The Labute approximate surface area is 155 Å². The summed E-state index contributed by atoms with van der Waals surface area (Å²) in [7, 11) is 0. The first-order chi connectivity index (χ1) is 13.0. The van der Waals surface area contributed by atoms with E-state index in [0.29, 0.717) is 16.7 Å². The Kier molecular flexibility index (Phi) is 5.27. The molecule has 2 aromatic carbocycles. The first-order valence-corrected chi connectivity index (χ1v) is 8.41. The number of halogens is 1. The molecule has 27 heavy (non-hydrogen) atoms. The summed E-state index contributed by atoms with van der Waals surface area (Å²) in [6.07, 6.45) is 0.325. The van der Waals surface area contributed by atoms with Crippen LogP contribution in [0.2, 0.25) is 0 Å². The molecule has 1 atom stereocenters. The first-order valence-electron chi connectivity index (χ1n) is 8.41. The molecule has 0 bridgehead atoms. The van der Waals surface area contributed by atoms with Gasteiger partial charge in [0, 0.05) is 13.0 Å². The molecular weight excluding hydrogens is 349 g/mol. The molecule has 0 saturated carbocycles. The van der Waals surface area contributed by atoms with Gasteiger partial charge in [-0.2, -0.15) is 5.26 Å². The molecule has 1 aliphatic heterocycles. The molecule has 0 saturated heterocycles. The number of nitrogens with one attached hydrogen (secondary N) is 1. The second-order valence-electron chi connectivity index (χ2n) is 6.09. The first kappa shape index (κ1) is 18.3. The van der Waals surface area contributed by atoms with E-state index in [9.17, 15) is 24.0 Å². The highest BCUT2D eigenvalue weighted by Crippen LogP contribution is 2.22. The van der Waals surface area contributed by atoms with Gasteiger partial charge in [0.2, 0.25) is 5.91 Å². The monoisotopic (exact) mass is 365 g/mol. The Hall–Kier alpha value is -3.53. The molecule has 1 N–H and O–H groups in total. The van der Waals surface area contributed by atoms with Gasteiger partial charge >= 0.3 is 0 Å². The van der Waals surface area contributed by atoms with Gasteiger partial charge in [0.1, 0.15) is 11.9 Å². The number of rotatable bonds is 6. The molecule has 0 spiro atoms. The largest absolute Gasteiger partial charge is 0.337 e. The van der Waals surface area contributed by atoms with Gasteiger partial charge in [-0.25, -0.2) is 4.39 Å². The number of nitriles is 1. The van der Waals surface area contributed by atoms with Crippen LogP contribution in [0.3, 0.4) is 0 Å². The summed E-state index contributed by atoms with van der Waals surface area (Å²) < 4.78 is 13.0. The van der Waals surface area contributed by atoms with Crippen molar-refractivity contribution in [3.63, 3.8) is 0 Å². The molecule has 0 unspecified atom stereocenters. The van der Waals surface area contributed by atoms with E-state index in [2.05, 4.69) is 5.32 Å². The SMILES string of the molecule is N#C[C@H](NC(=O)CCCN1C(=O)c2ccccc2C1=O)c1ccc(F)cc1. The van der Waals surface area contributed by atoms with Crippen LogP contribution >= 0.6 is 0 Å². The van der Waals surface area contributed by atoms with E-state index in [-0.39, 0.29) is 37.1 Å². The lowest BCUT2D eigenvalue weighted by Gasteiger charge is -2.15. The Bertz CT molecular complexity index is 899. The standard InChI is InChI=1S/C20H16FN3O3/c21-14-9-7-13(8-10-14)17(12-22)23-18(25)6-3-11-24-19(26)15-4-1-2-5-16(15)20(24)27/h1-2,4-5,7-10,17H,3,6,11H2,(H,23,25)/t17-/m0/s1.